The van der Waals surface area contributed by atoms with Gasteiger partial charge in [0.25, 0.3) is 5.91 Å². The van der Waals surface area contributed by atoms with Crippen LogP contribution in [0.5, 0.6) is 0 Å². The van der Waals surface area contributed by atoms with Crippen LogP contribution >= 0.6 is 11.3 Å². The summed E-state index contributed by atoms with van der Waals surface area (Å²) in [6.45, 7) is 3.63. The van der Waals surface area contributed by atoms with Crippen LogP contribution in [0, 0.1) is 6.92 Å². The van der Waals surface area contributed by atoms with Gasteiger partial charge in [0.2, 0.25) is 0 Å². The van der Waals surface area contributed by atoms with Gasteiger partial charge in [0.05, 0.1) is 22.4 Å². The van der Waals surface area contributed by atoms with Gasteiger partial charge in [0.15, 0.2) is 4.80 Å². The minimum absolute atomic E-state index is 0.161. The van der Waals surface area contributed by atoms with Crippen molar-refractivity contribution in [3.05, 3.63) is 64.0 Å². The quantitative estimate of drug-likeness (QED) is 0.588. The van der Waals surface area contributed by atoms with E-state index in [4.69, 9.17) is 4.74 Å². The lowest BCUT2D eigenvalue weighted by Crippen LogP contribution is -2.23. The first-order chi connectivity index (χ1) is 13.7. The monoisotopic (exact) mass is 422 g/mol. The molecule has 3 rings (SSSR count). The maximum Gasteiger partial charge on any atom is 0.416 e. The van der Waals surface area contributed by atoms with E-state index in [-0.39, 0.29) is 23.5 Å². The lowest BCUT2D eigenvalue weighted by atomic mass is 10.1. The summed E-state index contributed by atoms with van der Waals surface area (Å²) in [5.74, 6) is -1.32. The van der Waals surface area contributed by atoms with E-state index in [1.165, 1.54) is 22.0 Å². The second-order valence-corrected chi connectivity index (χ2v) is 7.25. The highest BCUT2D eigenvalue weighted by molar-refractivity contribution is 7.16. The molecule has 29 heavy (non-hydrogen) atoms. The molecule has 0 saturated heterocycles. The van der Waals surface area contributed by atoms with E-state index in [1.54, 1.807) is 13.0 Å². The lowest BCUT2D eigenvalue weighted by Gasteiger charge is -2.07. The molecule has 0 fully saturated rings. The predicted molar refractivity (Wildman–Crippen MR) is 103 cm³/mol. The standard InChI is InChI=1S/C20H17F3N2O3S/c1-3-28-17(26)11-25-15-8-7-12(2)9-16(15)29-19(25)24-18(27)13-5-4-6-14(10-13)20(21,22)23/h4-10H,3,11H2,1-2H3. The number of thiazole rings is 1. The van der Waals surface area contributed by atoms with Gasteiger partial charge < -0.3 is 9.30 Å². The molecule has 0 atom stereocenters. The molecule has 5 nitrogen and oxygen atoms in total. The van der Waals surface area contributed by atoms with Gasteiger partial charge in [-0.25, -0.2) is 0 Å². The van der Waals surface area contributed by atoms with Crippen molar-refractivity contribution in [3.8, 4) is 0 Å². The molecular weight excluding hydrogens is 405 g/mol. The highest BCUT2D eigenvalue weighted by Gasteiger charge is 2.30. The van der Waals surface area contributed by atoms with Crippen LogP contribution in [0.3, 0.4) is 0 Å². The molecule has 0 aliphatic carbocycles. The van der Waals surface area contributed by atoms with Crippen LogP contribution in [0.15, 0.2) is 47.5 Å². The Morgan fingerprint density at radius 2 is 1.93 bits per heavy atom. The zero-order chi connectivity index (χ0) is 21.2. The first-order valence-corrected chi connectivity index (χ1v) is 9.52. The number of fused-ring (bicyclic) bond motifs is 1. The SMILES string of the molecule is CCOC(=O)Cn1c(=NC(=O)c2cccc(C(F)(F)F)c2)sc2cc(C)ccc21. The molecule has 0 radical (unpaired) electrons. The number of aryl methyl sites for hydroxylation is 1. The summed E-state index contributed by atoms with van der Waals surface area (Å²) in [5.41, 5.74) is 0.558. The van der Waals surface area contributed by atoms with Crippen LogP contribution in [0.4, 0.5) is 13.2 Å². The molecule has 0 spiro atoms. The fraction of sp³-hybridized carbons (Fsp3) is 0.250. The Hall–Kier alpha value is -2.94. The van der Waals surface area contributed by atoms with Crippen molar-refractivity contribution in [2.24, 2.45) is 4.99 Å². The molecule has 0 N–H and O–H groups in total. The van der Waals surface area contributed by atoms with Crippen molar-refractivity contribution >= 4 is 33.4 Å². The van der Waals surface area contributed by atoms with Crippen molar-refractivity contribution in [1.29, 1.82) is 0 Å². The largest absolute Gasteiger partial charge is 0.465 e. The molecule has 9 heteroatoms. The number of ether oxygens (including phenoxy) is 1. The van der Waals surface area contributed by atoms with Crippen molar-refractivity contribution < 1.29 is 27.5 Å². The smallest absolute Gasteiger partial charge is 0.416 e. The number of aromatic nitrogens is 1. The lowest BCUT2D eigenvalue weighted by molar-refractivity contribution is -0.143. The van der Waals surface area contributed by atoms with Gasteiger partial charge in [0, 0.05) is 5.56 Å². The van der Waals surface area contributed by atoms with E-state index in [0.29, 0.717) is 5.52 Å². The van der Waals surface area contributed by atoms with Crippen LogP contribution in [0.25, 0.3) is 10.2 Å². The van der Waals surface area contributed by atoms with E-state index in [1.807, 2.05) is 19.1 Å². The number of hydrogen-bond donors (Lipinski definition) is 0. The number of esters is 1. The Morgan fingerprint density at radius 1 is 1.17 bits per heavy atom. The second-order valence-electron chi connectivity index (χ2n) is 6.24. The highest BCUT2D eigenvalue weighted by Crippen LogP contribution is 2.29. The third-order valence-corrected chi connectivity index (χ3v) is 5.11. The van der Waals surface area contributed by atoms with Crippen LogP contribution < -0.4 is 4.80 Å². The Kier molecular flexibility index (Phi) is 5.88. The number of halogens is 3. The summed E-state index contributed by atoms with van der Waals surface area (Å²) in [6, 6.07) is 9.62. The normalized spacial score (nSPS) is 12.4. The molecule has 0 unspecified atom stereocenters. The number of alkyl halides is 3. The Balaban J connectivity index is 2.09. The zero-order valence-corrected chi connectivity index (χ0v) is 16.4. The maximum absolute atomic E-state index is 12.9. The average molecular weight is 422 g/mol. The van der Waals surface area contributed by atoms with Crippen LogP contribution in [-0.4, -0.2) is 23.1 Å². The molecule has 1 amide bonds. The number of carbonyl (C=O) groups excluding carboxylic acids is 2. The van der Waals surface area contributed by atoms with E-state index >= 15 is 0 Å². The average Bonchev–Trinajstić information content (AvgIpc) is 2.97. The van der Waals surface area contributed by atoms with Crippen LogP contribution in [-0.2, 0) is 22.3 Å². The Labute approximate surface area is 168 Å². The molecule has 1 aromatic heterocycles. The number of carbonyl (C=O) groups is 2. The van der Waals surface area contributed by atoms with E-state index in [0.717, 1.165) is 28.5 Å². The topological polar surface area (TPSA) is 60.7 Å². The van der Waals surface area contributed by atoms with E-state index in [2.05, 4.69) is 4.99 Å². The van der Waals surface area contributed by atoms with E-state index < -0.39 is 23.6 Å². The van der Waals surface area contributed by atoms with Gasteiger partial charge in [-0.3, -0.25) is 9.59 Å². The summed E-state index contributed by atoms with van der Waals surface area (Å²) in [4.78, 5) is 28.7. The third kappa shape index (κ3) is 4.73. The molecule has 2 aromatic carbocycles. The molecule has 1 heterocycles. The van der Waals surface area contributed by atoms with Gasteiger partial charge in [-0.2, -0.15) is 18.2 Å². The summed E-state index contributed by atoms with van der Waals surface area (Å²) in [5, 5.41) is 0. The number of hydrogen-bond acceptors (Lipinski definition) is 4. The number of nitrogens with zero attached hydrogens (tertiary/aromatic N) is 2. The number of benzene rings is 2. The van der Waals surface area contributed by atoms with Gasteiger partial charge in [-0.15, -0.1) is 0 Å². The molecular formula is C20H17F3N2O3S. The van der Waals surface area contributed by atoms with Crippen molar-refractivity contribution in [2.75, 3.05) is 6.61 Å². The fourth-order valence-corrected chi connectivity index (χ4v) is 3.86. The summed E-state index contributed by atoms with van der Waals surface area (Å²) >= 11 is 1.18. The van der Waals surface area contributed by atoms with Crippen molar-refractivity contribution in [1.82, 2.24) is 4.57 Å². The molecule has 0 bridgehead atoms. The first-order valence-electron chi connectivity index (χ1n) is 8.71. The molecule has 3 aromatic rings. The Morgan fingerprint density at radius 3 is 2.62 bits per heavy atom. The van der Waals surface area contributed by atoms with Crippen LogP contribution in [0.2, 0.25) is 0 Å². The molecule has 0 aliphatic rings. The molecule has 0 saturated carbocycles. The van der Waals surface area contributed by atoms with Gasteiger partial charge in [-0.05, 0) is 49.7 Å². The molecule has 152 valence electrons. The highest BCUT2D eigenvalue weighted by atomic mass is 32.1. The first kappa shape index (κ1) is 20.8. The maximum atomic E-state index is 12.9. The fourth-order valence-electron chi connectivity index (χ4n) is 2.73. The van der Waals surface area contributed by atoms with Gasteiger partial charge >= 0.3 is 12.1 Å². The summed E-state index contributed by atoms with van der Waals surface area (Å²) in [7, 11) is 0. The van der Waals surface area contributed by atoms with Crippen molar-refractivity contribution in [2.45, 2.75) is 26.6 Å². The minimum Gasteiger partial charge on any atom is -0.465 e. The van der Waals surface area contributed by atoms with Gasteiger partial charge in [0.1, 0.15) is 6.54 Å². The number of amides is 1. The Bertz CT molecular complexity index is 1150. The van der Waals surface area contributed by atoms with Crippen LogP contribution in [0.1, 0.15) is 28.4 Å². The summed E-state index contributed by atoms with van der Waals surface area (Å²) in [6.07, 6.45) is -4.56. The molecule has 0 aliphatic heterocycles. The van der Waals surface area contributed by atoms with Crippen molar-refractivity contribution in [3.63, 3.8) is 0 Å². The summed E-state index contributed by atoms with van der Waals surface area (Å²) < 4.78 is 46.1. The minimum atomic E-state index is -4.56. The zero-order valence-electron chi connectivity index (χ0n) is 15.6. The number of rotatable bonds is 4. The second kappa shape index (κ2) is 8.20. The van der Waals surface area contributed by atoms with E-state index in [9.17, 15) is 22.8 Å². The van der Waals surface area contributed by atoms with Gasteiger partial charge in [-0.1, -0.05) is 23.5 Å². The predicted octanol–water partition coefficient (Wildman–Crippen LogP) is 4.33. The third-order valence-electron chi connectivity index (χ3n) is 4.06.